The molecule has 138 valence electrons. The van der Waals surface area contributed by atoms with Crippen molar-refractivity contribution in [2.24, 2.45) is 7.05 Å². The Labute approximate surface area is 157 Å². The van der Waals surface area contributed by atoms with Gasteiger partial charge in [-0.2, -0.15) is 5.10 Å². The van der Waals surface area contributed by atoms with Crippen LogP contribution >= 0.6 is 0 Å². The quantitative estimate of drug-likeness (QED) is 0.651. The molecule has 5 heteroatoms. The zero-order valence-corrected chi connectivity index (χ0v) is 15.6. The van der Waals surface area contributed by atoms with Gasteiger partial charge in [-0.3, -0.25) is 9.48 Å². The number of hydrogen-bond donors (Lipinski definition) is 0. The molecule has 0 saturated heterocycles. The van der Waals surface area contributed by atoms with Crippen LogP contribution in [0.5, 0.6) is 0 Å². The highest BCUT2D eigenvalue weighted by molar-refractivity contribution is 5.96. The van der Waals surface area contributed by atoms with Gasteiger partial charge in [-0.15, -0.1) is 0 Å². The van der Waals surface area contributed by atoms with Crippen molar-refractivity contribution in [3.05, 3.63) is 71.2 Å². The second-order valence-electron chi connectivity index (χ2n) is 7.06. The molecule has 1 atom stereocenters. The first-order valence-corrected chi connectivity index (χ1v) is 8.95. The number of carbonyl (C=O) groups is 1. The molecule has 0 amide bonds. The van der Waals surface area contributed by atoms with E-state index < -0.39 is 5.41 Å². The number of para-hydroxylation sites is 1. The number of esters is 1. The lowest BCUT2D eigenvalue weighted by Crippen LogP contribution is -2.34. The van der Waals surface area contributed by atoms with Crippen LogP contribution < -0.4 is 0 Å². The van der Waals surface area contributed by atoms with Crippen LogP contribution in [0.15, 0.2) is 48.7 Å². The Morgan fingerprint density at radius 2 is 2.04 bits per heavy atom. The number of aromatic nitrogens is 2. The van der Waals surface area contributed by atoms with E-state index in [0.717, 1.165) is 22.0 Å². The van der Waals surface area contributed by atoms with Gasteiger partial charge in [-0.25, -0.2) is 4.39 Å². The van der Waals surface area contributed by atoms with Gasteiger partial charge in [0.1, 0.15) is 11.2 Å². The first kappa shape index (κ1) is 17.5. The Morgan fingerprint density at radius 1 is 1.26 bits per heavy atom. The number of aryl methyl sites for hydroxylation is 1. The number of hydrogen-bond acceptors (Lipinski definition) is 3. The van der Waals surface area contributed by atoms with Crippen LogP contribution in [0.1, 0.15) is 29.5 Å². The van der Waals surface area contributed by atoms with E-state index in [-0.39, 0.29) is 11.8 Å². The summed E-state index contributed by atoms with van der Waals surface area (Å²) in [6, 6.07) is 10.9. The monoisotopic (exact) mass is 364 g/mol. The highest BCUT2D eigenvalue weighted by Crippen LogP contribution is 2.46. The largest absolute Gasteiger partial charge is 0.468 e. The fraction of sp³-hybridized carbons (Fsp3) is 0.273. The smallest absolute Gasteiger partial charge is 0.320 e. The highest BCUT2D eigenvalue weighted by atomic mass is 19.1. The molecule has 0 unspecified atom stereocenters. The van der Waals surface area contributed by atoms with Gasteiger partial charge in [-0.1, -0.05) is 36.4 Å². The average Bonchev–Trinajstić information content (AvgIpc) is 3.29. The Balaban J connectivity index is 1.93. The molecule has 0 N–H and O–H groups in total. The zero-order chi connectivity index (χ0) is 19.2. The van der Waals surface area contributed by atoms with E-state index in [0.29, 0.717) is 24.0 Å². The Bertz CT molecular complexity index is 1080. The molecule has 1 aromatic heterocycles. The molecule has 1 aliphatic rings. The van der Waals surface area contributed by atoms with Crippen molar-refractivity contribution >= 4 is 22.4 Å². The first-order chi connectivity index (χ1) is 13.0. The maximum atomic E-state index is 14.2. The second-order valence-corrected chi connectivity index (χ2v) is 7.06. The summed E-state index contributed by atoms with van der Waals surface area (Å²) in [5.41, 5.74) is 3.31. The van der Waals surface area contributed by atoms with Crippen LogP contribution in [0.25, 0.3) is 16.5 Å². The van der Waals surface area contributed by atoms with Crippen molar-refractivity contribution in [1.82, 2.24) is 9.78 Å². The Kier molecular flexibility index (Phi) is 4.10. The number of fused-ring (bicyclic) bond motifs is 1. The maximum Gasteiger partial charge on any atom is 0.320 e. The Hall–Kier alpha value is -2.95. The van der Waals surface area contributed by atoms with E-state index >= 15 is 0 Å². The molecule has 3 aromatic rings. The van der Waals surface area contributed by atoms with Crippen molar-refractivity contribution in [3.8, 4) is 0 Å². The molecule has 2 aromatic carbocycles. The molecule has 0 fully saturated rings. The second kappa shape index (κ2) is 6.34. The van der Waals surface area contributed by atoms with Crippen molar-refractivity contribution in [3.63, 3.8) is 0 Å². The van der Waals surface area contributed by atoms with Crippen molar-refractivity contribution in [2.45, 2.75) is 25.2 Å². The number of carbonyl (C=O) groups excluding carboxylic acids is 1. The molecule has 0 spiro atoms. The van der Waals surface area contributed by atoms with E-state index in [1.807, 2.05) is 48.3 Å². The van der Waals surface area contributed by atoms with Gasteiger partial charge in [-0.05, 0) is 42.5 Å². The number of ether oxygens (including phenoxy) is 1. The third kappa shape index (κ3) is 2.57. The van der Waals surface area contributed by atoms with Gasteiger partial charge in [0, 0.05) is 18.0 Å². The van der Waals surface area contributed by atoms with E-state index in [2.05, 4.69) is 5.10 Å². The molecule has 1 heterocycles. The minimum atomic E-state index is -0.975. The van der Waals surface area contributed by atoms with Gasteiger partial charge in [0.2, 0.25) is 0 Å². The lowest BCUT2D eigenvalue weighted by Gasteiger charge is -2.26. The third-order valence-corrected chi connectivity index (χ3v) is 5.61. The van der Waals surface area contributed by atoms with Crippen LogP contribution in [0.4, 0.5) is 4.39 Å². The number of nitrogens with zero attached hydrogens (tertiary/aromatic N) is 2. The summed E-state index contributed by atoms with van der Waals surface area (Å²) >= 11 is 0. The topological polar surface area (TPSA) is 44.1 Å². The fourth-order valence-electron chi connectivity index (χ4n) is 4.23. The minimum Gasteiger partial charge on any atom is -0.468 e. The van der Waals surface area contributed by atoms with Crippen LogP contribution in [0, 0.1) is 12.7 Å². The standard InChI is InChI=1S/C22H21FN2O2/c1-14-18(8-5-9-19(14)23)22(21(26)27-3)11-10-15(12-22)17-7-4-6-16-13-24-25(2)20(16)17/h4-9,12-13H,10-11H2,1-3H3/t22-/m0/s1. The zero-order valence-electron chi connectivity index (χ0n) is 15.6. The number of halogens is 1. The summed E-state index contributed by atoms with van der Waals surface area (Å²) in [5.74, 6) is -0.672. The summed E-state index contributed by atoms with van der Waals surface area (Å²) < 4.78 is 21.2. The van der Waals surface area contributed by atoms with Crippen LogP contribution in [0.3, 0.4) is 0 Å². The van der Waals surface area contributed by atoms with E-state index in [1.54, 1.807) is 13.0 Å². The third-order valence-electron chi connectivity index (χ3n) is 5.61. The number of allylic oxidation sites excluding steroid dienone is 1. The van der Waals surface area contributed by atoms with Crippen molar-refractivity contribution in [1.29, 1.82) is 0 Å². The predicted molar refractivity (Wildman–Crippen MR) is 103 cm³/mol. The van der Waals surface area contributed by atoms with Crippen LogP contribution in [-0.2, 0) is 22.0 Å². The first-order valence-electron chi connectivity index (χ1n) is 8.95. The summed E-state index contributed by atoms with van der Waals surface area (Å²) in [6.45, 7) is 1.71. The van der Waals surface area contributed by atoms with Crippen LogP contribution in [-0.4, -0.2) is 22.9 Å². The lowest BCUT2D eigenvalue weighted by atomic mass is 9.77. The molecule has 0 saturated carbocycles. The van der Waals surface area contributed by atoms with Gasteiger partial charge in [0.05, 0.1) is 18.8 Å². The predicted octanol–water partition coefficient (Wildman–Crippen LogP) is 4.31. The maximum absolute atomic E-state index is 14.2. The molecular weight excluding hydrogens is 343 g/mol. The summed E-state index contributed by atoms with van der Waals surface area (Å²) in [5, 5.41) is 5.40. The molecule has 0 aliphatic heterocycles. The van der Waals surface area contributed by atoms with E-state index in [1.165, 1.54) is 13.2 Å². The normalized spacial score (nSPS) is 19.3. The van der Waals surface area contributed by atoms with E-state index in [4.69, 9.17) is 4.74 Å². The van der Waals surface area contributed by atoms with E-state index in [9.17, 15) is 9.18 Å². The molecule has 27 heavy (non-hydrogen) atoms. The minimum absolute atomic E-state index is 0.314. The highest BCUT2D eigenvalue weighted by Gasteiger charge is 2.44. The Morgan fingerprint density at radius 3 is 2.81 bits per heavy atom. The molecular formula is C22H21FN2O2. The summed E-state index contributed by atoms with van der Waals surface area (Å²) in [6.07, 6.45) is 5.05. The summed E-state index contributed by atoms with van der Waals surface area (Å²) in [4.78, 5) is 12.9. The number of benzene rings is 2. The summed E-state index contributed by atoms with van der Waals surface area (Å²) in [7, 11) is 3.29. The average molecular weight is 364 g/mol. The molecule has 1 aliphatic carbocycles. The van der Waals surface area contributed by atoms with Gasteiger partial charge < -0.3 is 4.74 Å². The number of rotatable bonds is 3. The van der Waals surface area contributed by atoms with Crippen molar-refractivity contribution in [2.75, 3.05) is 7.11 Å². The van der Waals surface area contributed by atoms with Crippen molar-refractivity contribution < 1.29 is 13.9 Å². The van der Waals surface area contributed by atoms with Gasteiger partial charge in [0.25, 0.3) is 0 Å². The van der Waals surface area contributed by atoms with Gasteiger partial charge in [0.15, 0.2) is 0 Å². The molecule has 4 rings (SSSR count). The molecule has 0 bridgehead atoms. The lowest BCUT2D eigenvalue weighted by molar-refractivity contribution is -0.145. The van der Waals surface area contributed by atoms with Crippen LogP contribution in [0.2, 0.25) is 0 Å². The SMILES string of the molecule is COC(=O)[C@]1(c2cccc(F)c2C)C=C(c2cccc3cnn(C)c23)CC1. The molecule has 0 radical (unpaired) electrons. The number of methoxy groups -OCH3 is 1. The fourth-order valence-corrected chi connectivity index (χ4v) is 4.23. The van der Waals surface area contributed by atoms with Gasteiger partial charge >= 0.3 is 5.97 Å². The molecule has 4 nitrogen and oxygen atoms in total.